The second-order valence-electron chi connectivity index (χ2n) is 18.5. The zero-order chi connectivity index (χ0) is 43.4. The topological polar surface area (TPSA) is 32.9 Å². The Morgan fingerprint density at radius 3 is 2.37 bits per heavy atom. The molecule has 2 aliphatic heterocycles. The number of rotatable bonds is 7. The molecule has 0 spiro atoms. The molecule has 5 aromatic carbocycles. The lowest BCUT2D eigenvalue weighted by Gasteiger charge is -2.38. The fourth-order valence-corrected chi connectivity index (χ4v) is 11.0. The van der Waals surface area contributed by atoms with Crippen molar-refractivity contribution in [2.45, 2.75) is 71.3 Å². The van der Waals surface area contributed by atoms with Gasteiger partial charge in [-0.25, -0.2) is 0 Å². The first-order valence-corrected chi connectivity index (χ1v) is 23.5. The quantitative estimate of drug-likeness (QED) is 0.147. The molecule has 4 heteroatoms. The van der Waals surface area contributed by atoms with Crippen LogP contribution in [-0.4, -0.2) is 22.0 Å². The van der Waals surface area contributed by atoms with Gasteiger partial charge in [-0.05, 0) is 144 Å². The number of fused-ring (bicyclic) bond motifs is 8. The van der Waals surface area contributed by atoms with Crippen molar-refractivity contribution in [1.82, 2.24) is 4.57 Å². The summed E-state index contributed by atoms with van der Waals surface area (Å²) in [6.45, 7) is 4.49. The fourth-order valence-electron chi connectivity index (χ4n) is 11.0. The molecule has 4 aliphatic carbocycles. The van der Waals surface area contributed by atoms with Crippen LogP contribution >= 0.6 is 0 Å². The zero-order valence-corrected chi connectivity index (χ0v) is 37.3. The van der Waals surface area contributed by atoms with E-state index in [1.807, 2.05) is 0 Å². The van der Waals surface area contributed by atoms with Crippen LogP contribution in [0.2, 0.25) is 0 Å². The summed E-state index contributed by atoms with van der Waals surface area (Å²) in [5, 5.41) is 10.9. The van der Waals surface area contributed by atoms with E-state index < -0.39 is 0 Å². The van der Waals surface area contributed by atoms with Crippen molar-refractivity contribution in [2.24, 2.45) is 10.2 Å². The van der Waals surface area contributed by atoms with Crippen LogP contribution < -0.4 is 4.90 Å². The van der Waals surface area contributed by atoms with Gasteiger partial charge < -0.3 is 9.47 Å². The van der Waals surface area contributed by atoms with Gasteiger partial charge in [0.05, 0.1) is 28.7 Å². The number of anilines is 1. The monoisotopic (exact) mass is 840 g/mol. The summed E-state index contributed by atoms with van der Waals surface area (Å²) in [4.78, 5) is 2.57. The zero-order valence-electron chi connectivity index (χ0n) is 37.3. The van der Waals surface area contributed by atoms with Gasteiger partial charge in [-0.3, -0.25) is 0 Å². The van der Waals surface area contributed by atoms with E-state index in [9.17, 15) is 0 Å². The summed E-state index contributed by atoms with van der Waals surface area (Å²) in [6, 6.07) is 37.2. The van der Waals surface area contributed by atoms with Crippen LogP contribution in [0.1, 0.15) is 87.9 Å². The van der Waals surface area contributed by atoms with Gasteiger partial charge in [-0.15, -0.1) is 0 Å². The average Bonchev–Trinajstić information content (AvgIpc) is 3.89. The molecule has 0 saturated carbocycles. The highest BCUT2D eigenvalue weighted by Gasteiger charge is 2.29. The number of aryl methyl sites for hydroxylation is 2. The highest BCUT2D eigenvalue weighted by Crippen LogP contribution is 2.42. The molecule has 1 aromatic heterocycles. The Hall–Kier alpha value is -7.30. The van der Waals surface area contributed by atoms with Crippen LogP contribution in [0.5, 0.6) is 0 Å². The Bertz CT molecular complexity index is 3270. The molecule has 316 valence electrons. The molecule has 1 atom stereocenters. The molecule has 3 heterocycles. The van der Waals surface area contributed by atoms with Gasteiger partial charge in [-0.1, -0.05) is 134 Å². The molecule has 0 fully saturated rings. The number of para-hydroxylation sites is 1. The minimum Gasteiger partial charge on any atom is -0.337 e. The summed E-state index contributed by atoms with van der Waals surface area (Å²) in [5.74, 6) is 0. The molecule has 12 rings (SSSR count). The number of nitrogens with zero attached hydrogens (tertiary/aromatic N) is 4. The average molecular weight is 841 g/mol. The van der Waals surface area contributed by atoms with Crippen LogP contribution in [0, 0.1) is 13.8 Å². The number of aromatic nitrogens is 1. The minimum atomic E-state index is 0.293. The van der Waals surface area contributed by atoms with Crippen molar-refractivity contribution >= 4 is 40.2 Å². The van der Waals surface area contributed by atoms with Gasteiger partial charge >= 0.3 is 0 Å². The molecule has 0 N–H and O–H groups in total. The Morgan fingerprint density at radius 1 is 0.615 bits per heavy atom. The molecule has 0 amide bonds. The summed E-state index contributed by atoms with van der Waals surface area (Å²) >= 11 is 0. The lowest BCUT2D eigenvalue weighted by atomic mass is 9.91. The Kier molecular flexibility index (Phi) is 9.89. The van der Waals surface area contributed by atoms with E-state index in [1.54, 1.807) is 0 Å². The molecular formula is C61H52N4. The maximum atomic E-state index is 4.83. The smallest absolute Gasteiger partial charge is 0.0762 e. The summed E-state index contributed by atoms with van der Waals surface area (Å²) < 4.78 is 2.44. The number of benzene rings is 5. The third-order valence-corrected chi connectivity index (χ3v) is 14.2. The molecule has 4 nitrogen and oxygen atoms in total. The largest absolute Gasteiger partial charge is 0.337 e. The van der Waals surface area contributed by atoms with Crippen LogP contribution in [0.15, 0.2) is 191 Å². The molecule has 0 saturated heterocycles. The lowest BCUT2D eigenvalue weighted by Crippen LogP contribution is -2.36. The third-order valence-electron chi connectivity index (χ3n) is 14.2. The summed E-state index contributed by atoms with van der Waals surface area (Å²) in [7, 11) is 0. The van der Waals surface area contributed by atoms with Crippen molar-refractivity contribution in [2.75, 3.05) is 4.90 Å². The van der Waals surface area contributed by atoms with E-state index in [2.05, 4.69) is 199 Å². The number of allylic oxidation sites excluding steroid dienone is 11. The normalized spacial score (nSPS) is 18.5. The first-order valence-electron chi connectivity index (χ1n) is 23.5. The standard InChI is InChI=1S/C61H52N4/c1-40-31-43(23-26-44(40)33-42-24-28-49(29-25-42)64-50-16-8-4-3-7-15-45(36-50)52-17-9-5-11-20-59(52)64)34-48-37-58(63-62-48)55-39-57-47(32-41(55)2)35-46-27-30-51(38-56(46)57)65-60-21-12-6-10-18-53(60)54-19-13-14-22-61(54)65/h4-5,7-15,17-19,21-32,36,38-39,50H,3,6,16,20,33-35,37H2,1-2H3/b8-4?,15-7-. The Morgan fingerprint density at radius 2 is 1.45 bits per heavy atom. The van der Waals surface area contributed by atoms with Gasteiger partial charge in [0.2, 0.25) is 0 Å². The van der Waals surface area contributed by atoms with Crippen molar-refractivity contribution in [3.05, 3.63) is 237 Å². The highest BCUT2D eigenvalue weighted by molar-refractivity contribution is 6.16. The van der Waals surface area contributed by atoms with E-state index in [4.69, 9.17) is 10.2 Å². The molecule has 2 bridgehead atoms. The van der Waals surface area contributed by atoms with Crippen molar-refractivity contribution in [1.29, 1.82) is 0 Å². The van der Waals surface area contributed by atoms with Gasteiger partial charge in [0.1, 0.15) is 0 Å². The molecule has 1 unspecified atom stereocenters. The van der Waals surface area contributed by atoms with E-state index in [0.29, 0.717) is 6.04 Å². The van der Waals surface area contributed by atoms with Crippen LogP contribution in [0.25, 0.3) is 39.9 Å². The van der Waals surface area contributed by atoms with Crippen molar-refractivity contribution < 1.29 is 0 Å². The molecule has 0 radical (unpaired) electrons. The fraction of sp³-hybridized carbons (Fsp3) is 0.180. The SMILES string of the molecule is Cc1cc(CC2=NN=C(c3cc4c(cc3C)Cc3ccc(-n5c6c(c7ccccc75)C=CCC=C6)cc3-4)C2)ccc1Cc1ccc(N2C3=C(C=CC=CC3)C3=CC2CC=CC/C=C\3)cc1. The van der Waals surface area contributed by atoms with E-state index >= 15 is 0 Å². The Balaban J connectivity index is 0.741. The predicted molar refractivity (Wildman–Crippen MR) is 273 cm³/mol. The van der Waals surface area contributed by atoms with E-state index in [-0.39, 0.29) is 0 Å². The second-order valence-corrected chi connectivity index (χ2v) is 18.5. The maximum Gasteiger partial charge on any atom is 0.0762 e. The first-order chi connectivity index (χ1) is 32.0. The second kappa shape index (κ2) is 16.4. The molecule has 6 aliphatic rings. The van der Waals surface area contributed by atoms with E-state index in [0.717, 1.165) is 62.8 Å². The third kappa shape index (κ3) is 7.18. The summed E-state index contributed by atoms with van der Waals surface area (Å²) in [5.41, 5.74) is 25.7. The Labute approximate surface area is 382 Å². The molecule has 6 aromatic rings. The highest BCUT2D eigenvalue weighted by atomic mass is 15.2. The van der Waals surface area contributed by atoms with Crippen LogP contribution in [0.3, 0.4) is 0 Å². The maximum absolute atomic E-state index is 4.83. The van der Waals surface area contributed by atoms with Gasteiger partial charge in [0.15, 0.2) is 0 Å². The van der Waals surface area contributed by atoms with Gasteiger partial charge in [-0.2, -0.15) is 10.2 Å². The van der Waals surface area contributed by atoms with Crippen LogP contribution in [0.4, 0.5) is 5.69 Å². The minimum absolute atomic E-state index is 0.293. The van der Waals surface area contributed by atoms with Crippen molar-refractivity contribution in [3.63, 3.8) is 0 Å². The number of hydrogen-bond acceptors (Lipinski definition) is 3. The number of hydrogen-bond donors (Lipinski definition) is 0. The summed E-state index contributed by atoms with van der Waals surface area (Å²) in [6.07, 6.45) is 37.0. The lowest BCUT2D eigenvalue weighted by molar-refractivity contribution is 0.728. The van der Waals surface area contributed by atoms with Crippen molar-refractivity contribution in [3.8, 4) is 16.8 Å². The first kappa shape index (κ1) is 39.3. The molecular weight excluding hydrogens is 789 g/mol. The van der Waals surface area contributed by atoms with E-state index in [1.165, 1.54) is 106 Å². The predicted octanol–water partition coefficient (Wildman–Crippen LogP) is 14.4. The van der Waals surface area contributed by atoms with Crippen LogP contribution in [-0.2, 0) is 19.3 Å². The van der Waals surface area contributed by atoms with Gasteiger partial charge in [0, 0.05) is 58.4 Å². The van der Waals surface area contributed by atoms with Gasteiger partial charge in [0.25, 0.3) is 0 Å². The molecule has 65 heavy (non-hydrogen) atoms.